The van der Waals surface area contributed by atoms with Crippen LogP contribution < -0.4 is 0 Å². The van der Waals surface area contributed by atoms with Crippen LogP contribution in [-0.2, 0) is 16.0 Å². The predicted molar refractivity (Wildman–Crippen MR) is 104 cm³/mol. The maximum atomic E-state index is 5.87. The topological polar surface area (TPSA) is 23.4 Å². The van der Waals surface area contributed by atoms with Gasteiger partial charge in [-0.3, -0.25) is 0 Å². The lowest BCUT2D eigenvalue weighted by Gasteiger charge is -2.30. The number of ether oxygens (including phenoxy) is 2. The Morgan fingerprint density at radius 2 is 1.69 bits per heavy atom. The van der Waals surface area contributed by atoms with Gasteiger partial charge in [-0.25, -0.2) is 0 Å². The number of nitrogens with zero attached hydrogens (tertiary/aromatic N) is 1. The van der Waals surface area contributed by atoms with E-state index in [1.807, 2.05) is 0 Å². The van der Waals surface area contributed by atoms with Crippen molar-refractivity contribution in [3.63, 3.8) is 0 Å². The summed E-state index contributed by atoms with van der Waals surface area (Å²) >= 11 is 0. The zero-order chi connectivity index (χ0) is 17.4. The molecule has 0 atom stereocenters. The number of benzene rings is 2. The third kappa shape index (κ3) is 2.77. The molecule has 1 aromatic heterocycles. The number of para-hydroxylation sites is 1. The fourth-order valence-corrected chi connectivity index (χ4v) is 4.23. The molecule has 3 aromatic rings. The summed E-state index contributed by atoms with van der Waals surface area (Å²) in [5, 5.41) is 1.33. The highest BCUT2D eigenvalue weighted by Crippen LogP contribution is 2.40. The highest BCUT2D eigenvalue weighted by molar-refractivity contribution is 5.93. The van der Waals surface area contributed by atoms with Crippen molar-refractivity contribution < 1.29 is 9.47 Å². The Balaban J connectivity index is 1.51. The van der Waals surface area contributed by atoms with E-state index in [0.717, 1.165) is 39.0 Å². The van der Waals surface area contributed by atoms with Gasteiger partial charge in [0.1, 0.15) is 0 Å². The number of aromatic nitrogens is 1. The maximum Gasteiger partial charge on any atom is 0.172 e. The number of fused-ring (bicyclic) bond motifs is 1. The van der Waals surface area contributed by atoms with E-state index in [9.17, 15) is 0 Å². The molecule has 5 rings (SSSR count). The zero-order valence-electron chi connectivity index (χ0n) is 14.9. The Kier molecular flexibility index (Phi) is 3.92. The van der Waals surface area contributed by atoms with Crippen LogP contribution in [0.3, 0.4) is 0 Å². The van der Waals surface area contributed by atoms with Crippen molar-refractivity contribution >= 4 is 16.5 Å². The van der Waals surface area contributed by atoms with Crippen LogP contribution in [-0.4, -0.2) is 23.6 Å². The van der Waals surface area contributed by atoms with Crippen LogP contribution in [0.5, 0.6) is 0 Å². The van der Waals surface area contributed by atoms with Crippen molar-refractivity contribution in [2.75, 3.05) is 13.2 Å². The summed E-state index contributed by atoms with van der Waals surface area (Å²) in [6, 6.07) is 19.4. The molecule has 0 saturated carbocycles. The predicted octanol–water partition coefficient (Wildman–Crippen LogP) is 5.00. The maximum absolute atomic E-state index is 5.87. The molecule has 1 saturated heterocycles. The fraction of sp³-hybridized carbons (Fsp3) is 0.304. The van der Waals surface area contributed by atoms with E-state index in [-0.39, 0.29) is 5.79 Å². The number of allylic oxidation sites excluding steroid dienone is 1. The molecule has 3 heteroatoms. The Bertz CT molecular complexity index is 949. The first-order chi connectivity index (χ1) is 12.8. The summed E-state index contributed by atoms with van der Waals surface area (Å²) in [4.78, 5) is 0. The van der Waals surface area contributed by atoms with E-state index in [0.29, 0.717) is 0 Å². The normalized spacial score (nSPS) is 19.2. The molecular weight excluding hydrogens is 322 g/mol. The van der Waals surface area contributed by atoms with Gasteiger partial charge in [0.15, 0.2) is 5.79 Å². The molecule has 0 amide bonds. The first-order valence-corrected chi connectivity index (χ1v) is 9.42. The van der Waals surface area contributed by atoms with Crippen LogP contribution in [0.1, 0.15) is 30.4 Å². The second-order valence-corrected chi connectivity index (χ2v) is 7.21. The van der Waals surface area contributed by atoms with Crippen molar-refractivity contribution in [2.45, 2.75) is 31.6 Å². The second kappa shape index (κ2) is 6.42. The van der Waals surface area contributed by atoms with Gasteiger partial charge in [0.2, 0.25) is 0 Å². The van der Waals surface area contributed by atoms with E-state index >= 15 is 0 Å². The molecule has 1 spiro atoms. The van der Waals surface area contributed by atoms with Crippen molar-refractivity contribution in [2.24, 2.45) is 0 Å². The van der Waals surface area contributed by atoms with Gasteiger partial charge in [-0.05, 0) is 23.6 Å². The molecule has 26 heavy (non-hydrogen) atoms. The number of hydrogen-bond donors (Lipinski definition) is 0. The summed E-state index contributed by atoms with van der Waals surface area (Å²) in [7, 11) is 0. The van der Waals surface area contributed by atoms with Crippen LogP contribution in [0.4, 0.5) is 0 Å². The van der Waals surface area contributed by atoms with Crippen LogP contribution in [0, 0.1) is 0 Å². The van der Waals surface area contributed by atoms with E-state index in [4.69, 9.17) is 9.47 Å². The van der Waals surface area contributed by atoms with Gasteiger partial charge in [0.25, 0.3) is 0 Å². The molecule has 0 bridgehead atoms. The van der Waals surface area contributed by atoms with Gasteiger partial charge < -0.3 is 14.0 Å². The van der Waals surface area contributed by atoms with Crippen LogP contribution in [0.15, 0.2) is 66.9 Å². The third-order valence-corrected chi connectivity index (χ3v) is 5.58. The Hall–Kier alpha value is -2.36. The Morgan fingerprint density at radius 3 is 2.46 bits per heavy atom. The van der Waals surface area contributed by atoms with E-state index in [1.54, 1.807) is 0 Å². The van der Waals surface area contributed by atoms with Gasteiger partial charge in [-0.2, -0.15) is 0 Å². The largest absolute Gasteiger partial charge is 0.347 e. The smallest absolute Gasteiger partial charge is 0.172 e. The molecule has 1 fully saturated rings. The summed E-state index contributed by atoms with van der Waals surface area (Å²) < 4.78 is 14.1. The average Bonchev–Trinajstić information content (AvgIpc) is 3.29. The van der Waals surface area contributed by atoms with Crippen LogP contribution in [0.25, 0.3) is 16.5 Å². The second-order valence-electron chi connectivity index (χ2n) is 7.21. The lowest BCUT2D eigenvalue weighted by atomic mass is 9.90. The van der Waals surface area contributed by atoms with Crippen molar-refractivity contribution in [3.05, 3.63) is 78.0 Å². The lowest BCUT2D eigenvalue weighted by Crippen LogP contribution is -2.31. The van der Waals surface area contributed by atoms with E-state index in [2.05, 4.69) is 71.4 Å². The summed E-state index contributed by atoms with van der Waals surface area (Å²) in [5.74, 6) is -0.355. The zero-order valence-corrected chi connectivity index (χ0v) is 14.9. The van der Waals surface area contributed by atoms with Gasteiger partial charge in [-0.15, -0.1) is 0 Å². The SMILES string of the molecule is C1=C(c2cn(Cc3ccccc3)c3ccccc23)CCC2(C1)OCCO2. The van der Waals surface area contributed by atoms with Crippen molar-refractivity contribution in [1.82, 2.24) is 4.57 Å². The highest BCUT2D eigenvalue weighted by Gasteiger charge is 2.37. The summed E-state index contributed by atoms with van der Waals surface area (Å²) in [5.41, 5.74) is 5.38. The average molecular weight is 345 g/mol. The molecule has 1 aliphatic heterocycles. The lowest BCUT2D eigenvalue weighted by molar-refractivity contribution is -0.159. The minimum Gasteiger partial charge on any atom is -0.347 e. The molecule has 3 nitrogen and oxygen atoms in total. The van der Waals surface area contributed by atoms with Crippen LogP contribution in [0.2, 0.25) is 0 Å². The molecule has 0 radical (unpaired) electrons. The Morgan fingerprint density at radius 1 is 0.923 bits per heavy atom. The van der Waals surface area contributed by atoms with Gasteiger partial charge in [0.05, 0.1) is 13.2 Å². The standard InChI is InChI=1S/C23H23NO2/c1-2-6-18(7-3-1)16-24-17-21(20-8-4-5-9-22(20)24)19-10-12-23(13-11-19)25-14-15-26-23/h1-10,17H,11-16H2. The third-order valence-electron chi connectivity index (χ3n) is 5.58. The van der Waals surface area contributed by atoms with Crippen molar-refractivity contribution in [1.29, 1.82) is 0 Å². The quantitative estimate of drug-likeness (QED) is 0.667. The van der Waals surface area contributed by atoms with Gasteiger partial charge in [-0.1, -0.05) is 54.6 Å². The molecule has 0 unspecified atom stereocenters. The minimum absolute atomic E-state index is 0.355. The Labute approximate surface area is 153 Å². The van der Waals surface area contributed by atoms with Crippen LogP contribution >= 0.6 is 0 Å². The van der Waals surface area contributed by atoms with Gasteiger partial charge in [0, 0.05) is 42.0 Å². The van der Waals surface area contributed by atoms with E-state index in [1.165, 1.54) is 27.6 Å². The van der Waals surface area contributed by atoms with Gasteiger partial charge >= 0.3 is 0 Å². The first-order valence-electron chi connectivity index (χ1n) is 9.42. The van der Waals surface area contributed by atoms with E-state index < -0.39 is 0 Å². The monoisotopic (exact) mass is 345 g/mol. The molecule has 2 heterocycles. The molecule has 2 aromatic carbocycles. The summed E-state index contributed by atoms with van der Waals surface area (Å²) in [6.45, 7) is 2.34. The first kappa shape index (κ1) is 15.9. The number of hydrogen-bond acceptors (Lipinski definition) is 2. The molecule has 0 N–H and O–H groups in total. The molecule has 1 aliphatic carbocycles. The highest BCUT2D eigenvalue weighted by atomic mass is 16.7. The number of rotatable bonds is 3. The molecule has 2 aliphatic rings. The molecule has 132 valence electrons. The van der Waals surface area contributed by atoms with Crippen molar-refractivity contribution in [3.8, 4) is 0 Å². The fourth-order valence-electron chi connectivity index (χ4n) is 4.23. The minimum atomic E-state index is -0.355. The molecular formula is C23H23NO2. The summed E-state index contributed by atoms with van der Waals surface area (Å²) in [6.07, 6.45) is 7.43.